The van der Waals surface area contributed by atoms with Crippen LogP contribution in [-0.2, 0) is 0 Å². The molecule has 4 nitrogen and oxygen atoms in total. The number of hydrogen-bond donors (Lipinski definition) is 0. The van der Waals surface area contributed by atoms with Crippen LogP contribution in [0, 0.1) is 0 Å². The highest BCUT2D eigenvalue weighted by Crippen LogP contribution is 2.50. The number of anilines is 3. The normalized spacial score (nSPS) is 12.7. The first-order valence-electron chi connectivity index (χ1n) is 6.45. The van der Waals surface area contributed by atoms with E-state index in [2.05, 4.69) is 27.1 Å². The third kappa shape index (κ3) is 2.31. The van der Waals surface area contributed by atoms with Gasteiger partial charge >= 0.3 is 0 Å². The van der Waals surface area contributed by atoms with E-state index in [-0.39, 0.29) is 10.6 Å². The number of fused-ring (bicyclic) bond motifs is 2. The molecule has 1 aromatic heterocycles. The van der Waals surface area contributed by atoms with E-state index in [4.69, 9.17) is 23.2 Å². The van der Waals surface area contributed by atoms with Gasteiger partial charge in [0.1, 0.15) is 0 Å². The second kappa shape index (κ2) is 5.43. The Morgan fingerprint density at radius 3 is 1.77 bits per heavy atom. The molecule has 1 aliphatic heterocycles. The minimum absolute atomic E-state index is 0.0724. The molecule has 0 radical (unpaired) electrons. The number of hydrogen-bond acceptors (Lipinski definition) is 5. The maximum Gasteiger partial charge on any atom is 0.240 e. The van der Waals surface area contributed by atoms with Crippen LogP contribution in [0.5, 0.6) is 0 Å². The molecule has 3 aromatic rings. The first kappa shape index (κ1) is 13.8. The molecule has 1 aliphatic rings. The van der Waals surface area contributed by atoms with Gasteiger partial charge in [0.2, 0.25) is 16.5 Å². The molecule has 0 saturated carbocycles. The maximum absolute atomic E-state index is 5.94. The van der Waals surface area contributed by atoms with E-state index in [1.807, 2.05) is 41.3 Å². The summed E-state index contributed by atoms with van der Waals surface area (Å²) in [5.74, 6) is 0.408. The second-order valence-corrected chi connectivity index (χ2v) is 6.31. The van der Waals surface area contributed by atoms with Crippen LogP contribution in [0.2, 0.25) is 10.6 Å². The van der Waals surface area contributed by atoms with Gasteiger partial charge in [-0.3, -0.25) is 4.90 Å². The largest absolute Gasteiger partial charge is 0.277 e. The van der Waals surface area contributed by atoms with E-state index in [1.54, 1.807) is 11.8 Å². The van der Waals surface area contributed by atoms with Gasteiger partial charge in [-0.25, -0.2) is 0 Å². The SMILES string of the molecule is Clc1nc(Cl)nc(N2c3ccccc3Sc3ccccc32)n1. The minimum Gasteiger partial charge on any atom is -0.277 e. The molecule has 0 bridgehead atoms. The minimum atomic E-state index is 0.0724. The molecule has 0 aliphatic carbocycles. The van der Waals surface area contributed by atoms with Gasteiger partial charge in [0.15, 0.2) is 0 Å². The average molecular weight is 347 g/mol. The third-order valence-corrected chi connectivity index (χ3v) is 4.67. The van der Waals surface area contributed by atoms with E-state index in [0.717, 1.165) is 21.2 Å². The molecule has 0 N–H and O–H groups in total. The quantitative estimate of drug-likeness (QED) is 0.478. The van der Waals surface area contributed by atoms with E-state index in [0.29, 0.717) is 5.95 Å². The number of rotatable bonds is 1. The van der Waals surface area contributed by atoms with Crippen LogP contribution < -0.4 is 4.90 Å². The Labute approximate surface area is 141 Å². The van der Waals surface area contributed by atoms with Crippen LogP contribution in [0.25, 0.3) is 0 Å². The van der Waals surface area contributed by atoms with Crippen LogP contribution in [-0.4, -0.2) is 15.0 Å². The lowest BCUT2D eigenvalue weighted by Gasteiger charge is -2.30. The fourth-order valence-electron chi connectivity index (χ4n) is 2.34. The van der Waals surface area contributed by atoms with Crippen molar-refractivity contribution in [2.24, 2.45) is 0 Å². The van der Waals surface area contributed by atoms with Gasteiger partial charge in [0.25, 0.3) is 0 Å². The monoisotopic (exact) mass is 346 g/mol. The highest BCUT2D eigenvalue weighted by molar-refractivity contribution is 7.99. The number of aromatic nitrogens is 3. The lowest BCUT2D eigenvalue weighted by molar-refractivity contribution is 0.990. The first-order valence-corrected chi connectivity index (χ1v) is 8.03. The fourth-order valence-corrected chi connectivity index (χ4v) is 3.75. The molecule has 0 spiro atoms. The Kier molecular flexibility index (Phi) is 3.41. The smallest absolute Gasteiger partial charge is 0.240 e. The second-order valence-electron chi connectivity index (χ2n) is 4.55. The highest BCUT2D eigenvalue weighted by Gasteiger charge is 2.26. The number of benzene rings is 2. The zero-order valence-electron chi connectivity index (χ0n) is 11.1. The molecular formula is C15H8Cl2N4S. The van der Waals surface area contributed by atoms with Crippen molar-refractivity contribution in [1.82, 2.24) is 15.0 Å². The summed E-state index contributed by atoms with van der Waals surface area (Å²) in [4.78, 5) is 16.5. The summed E-state index contributed by atoms with van der Waals surface area (Å²) < 4.78 is 0. The van der Waals surface area contributed by atoms with Gasteiger partial charge in [-0.15, -0.1) is 0 Å². The summed E-state index contributed by atoms with van der Waals surface area (Å²) in [6, 6.07) is 16.1. The van der Waals surface area contributed by atoms with E-state index in [9.17, 15) is 0 Å². The molecule has 108 valence electrons. The van der Waals surface area contributed by atoms with Crippen LogP contribution in [0.15, 0.2) is 58.3 Å². The molecule has 0 amide bonds. The van der Waals surface area contributed by atoms with Crippen molar-refractivity contribution >= 4 is 52.3 Å². The predicted octanol–water partition coefficient (Wildman–Crippen LogP) is 5.11. The molecular weight excluding hydrogens is 339 g/mol. The lowest BCUT2D eigenvalue weighted by Crippen LogP contribution is -2.17. The number of para-hydroxylation sites is 2. The highest BCUT2D eigenvalue weighted by atomic mass is 35.5. The van der Waals surface area contributed by atoms with Crippen molar-refractivity contribution in [3.8, 4) is 0 Å². The number of nitrogens with zero attached hydrogens (tertiary/aromatic N) is 4. The molecule has 0 saturated heterocycles. The molecule has 0 atom stereocenters. The number of halogens is 2. The van der Waals surface area contributed by atoms with Crippen LogP contribution >= 0.6 is 35.0 Å². The van der Waals surface area contributed by atoms with Crippen molar-refractivity contribution in [1.29, 1.82) is 0 Å². The van der Waals surface area contributed by atoms with Crippen molar-refractivity contribution in [2.75, 3.05) is 4.90 Å². The van der Waals surface area contributed by atoms with Crippen LogP contribution in [0.3, 0.4) is 0 Å². The van der Waals surface area contributed by atoms with E-state index >= 15 is 0 Å². The Morgan fingerprint density at radius 1 is 0.727 bits per heavy atom. The van der Waals surface area contributed by atoms with Gasteiger partial charge in [0, 0.05) is 9.79 Å². The van der Waals surface area contributed by atoms with Gasteiger partial charge in [-0.05, 0) is 47.5 Å². The Morgan fingerprint density at radius 2 is 1.23 bits per heavy atom. The summed E-state index contributed by atoms with van der Waals surface area (Å²) >= 11 is 13.6. The Bertz CT molecular complexity index is 806. The molecule has 22 heavy (non-hydrogen) atoms. The molecule has 2 aromatic carbocycles. The van der Waals surface area contributed by atoms with Gasteiger partial charge in [-0.2, -0.15) is 15.0 Å². The molecule has 0 unspecified atom stereocenters. The summed E-state index contributed by atoms with van der Waals surface area (Å²) in [6.07, 6.45) is 0. The summed E-state index contributed by atoms with van der Waals surface area (Å²) in [7, 11) is 0. The molecule has 4 rings (SSSR count). The molecule has 7 heteroatoms. The van der Waals surface area contributed by atoms with Crippen molar-refractivity contribution in [3.63, 3.8) is 0 Å². The zero-order valence-corrected chi connectivity index (χ0v) is 13.4. The van der Waals surface area contributed by atoms with Gasteiger partial charge < -0.3 is 0 Å². The lowest BCUT2D eigenvalue weighted by atomic mass is 10.2. The molecule has 0 fully saturated rings. The van der Waals surface area contributed by atoms with Gasteiger partial charge in [-0.1, -0.05) is 36.0 Å². The topological polar surface area (TPSA) is 41.9 Å². The van der Waals surface area contributed by atoms with Crippen molar-refractivity contribution in [2.45, 2.75) is 9.79 Å². The maximum atomic E-state index is 5.94. The standard InChI is InChI=1S/C15H8Cl2N4S/c16-13-18-14(17)20-15(19-13)21-9-5-1-3-7-11(9)22-12-8-4-2-6-10(12)21/h1-8H. The van der Waals surface area contributed by atoms with Crippen molar-refractivity contribution in [3.05, 3.63) is 59.1 Å². The average Bonchev–Trinajstić information content (AvgIpc) is 2.51. The predicted molar refractivity (Wildman–Crippen MR) is 88.7 cm³/mol. The van der Waals surface area contributed by atoms with Crippen LogP contribution in [0.1, 0.15) is 0 Å². The summed E-state index contributed by atoms with van der Waals surface area (Å²) in [5.41, 5.74) is 1.98. The molecule has 2 heterocycles. The third-order valence-electron chi connectivity index (χ3n) is 3.20. The Balaban J connectivity index is 1.98. The van der Waals surface area contributed by atoms with Crippen molar-refractivity contribution < 1.29 is 0 Å². The summed E-state index contributed by atoms with van der Waals surface area (Å²) in [6.45, 7) is 0. The van der Waals surface area contributed by atoms with E-state index < -0.39 is 0 Å². The Hall–Kier alpha value is -1.82. The first-order chi connectivity index (χ1) is 10.7. The van der Waals surface area contributed by atoms with Crippen LogP contribution in [0.4, 0.5) is 17.3 Å². The summed E-state index contributed by atoms with van der Waals surface area (Å²) in [5, 5.41) is 0.145. The van der Waals surface area contributed by atoms with Gasteiger partial charge in [0.05, 0.1) is 11.4 Å². The zero-order chi connectivity index (χ0) is 15.1. The fraction of sp³-hybridized carbons (Fsp3) is 0. The van der Waals surface area contributed by atoms with E-state index in [1.165, 1.54) is 0 Å².